The molecule has 1 fully saturated rings. The van der Waals surface area contributed by atoms with Crippen LogP contribution in [0.4, 0.5) is 0 Å². The Hall–Kier alpha value is 1.56. The summed E-state index contributed by atoms with van der Waals surface area (Å²) >= 11 is 0. The molecule has 62 valence electrons. The molecular formula is C8H17KO2. The predicted molar refractivity (Wildman–Crippen MR) is 39.8 cm³/mol. The Kier molecular flexibility index (Phi) is 19.3. The molecule has 0 atom stereocenters. The second-order valence-electron chi connectivity index (χ2n) is 2.38. The summed E-state index contributed by atoms with van der Waals surface area (Å²) in [6.07, 6.45) is 4.42. The summed E-state index contributed by atoms with van der Waals surface area (Å²) in [6, 6.07) is 0. The topological polar surface area (TPSA) is 32.3 Å². The van der Waals surface area contributed by atoms with Crippen molar-refractivity contribution in [3.8, 4) is 0 Å². The van der Waals surface area contributed by atoms with Gasteiger partial charge in [-0.2, -0.15) is 0 Å². The maximum absolute atomic E-state index is 9.53. The van der Waals surface area contributed by atoms with Gasteiger partial charge in [-0.15, -0.1) is 6.61 Å². The number of unbranched alkanes of at least 4 members (excludes halogenated alkanes) is 1. The van der Waals surface area contributed by atoms with Crippen molar-refractivity contribution in [2.45, 2.75) is 32.6 Å². The third-order valence-corrected chi connectivity index (χ3v) is 1.33. The van der Waals surface area contributed by atoms with Crippen LogP contribution >= 0.6 is 0 Å². The average Bonchev–Trinajstić information content (AvgIpc) is 2.44. The van der Waals surface area contributed by atoms with E-state index in [1.165, 1.54) is 12.8 Å². The second kappa shape index (κ2) is 14.1. The minimum atomic E-state index is 0. The van der Waals surface area contributed by atoms with Crippen LogP contribution in [0.3, 0.4) is 0 Å². The van der Waals surface area contributed by atoms with Crippen molar-refractivity contribution in [3.05, 3.63) is 0 Å². The molecule has 1 aliphatic rings. The Balaban J connectivity index is 0. The maximum Gasteiger partial charge on any atom is 1.00 e. The van der Waals surface area contributed by atoms with E-state index in [0.717, 1.165) is 26.1 Å². The molecule has 0 aromatic carbocycles. The minimum absolute atomic E-state index is 0. The van der Waals surface area contributed by atoms with Gasteiger partial charge in [-0.05, 0) is 12.8 Å². The van der Waals surface area contributed by atoms with E-state index in [1.54, 1.807) is 0 Å². The Morgan fingerprint density at radius 1 is 1.27 bits per heavy atom. The molecule has 11 heavy (non-hydrogen) atoms. The Labute approximate surface area is 112 Å². The van der Waals surface area contributed by atoms with Gasteiger partial charge in [-0.25, -0.2) is 0 Å². The monoisotopic (exact) mass is 184 g/mol. The van der Waals surface area contributed by atoms with Crippen molar-refractivity contribution in [2.24, 2.45) is 0 Å². The van der Waals surface area contributed by atoms with Crippen LogP contribution in [-0.4, -0.2) is 19.8 Å². The van der Waals surface area contributed by atoms with Gasteiger partial charge in [0.15, 0.2) is 0 Å². The zero-order chi connectivity index (χ0) is 7.66. The van der Waals surface area contributed by atoms with Gasteiger partial charge in [0, 0.05) is 13.2 Å². The minimum Gasteiger partial charge on any atom is -0.854 e. The first-order valence-corrected chi connectivity index (χ1v) is 4.07. The van der Waals surface area contributed by atoms with Gasteiger partial charge >= 0.3 is 51.4 Å². The molecule has 2 nitrogen and oxygen atoms in total. The molecule has 0 radical (unpaired) electrons. The van der Waals surface area contributed by atoms with Crippen molar-refractivity contribution in [3.63, 3.8) is 0 Å². The van der Waals surface area contributed by atoms with Gasteiger partial charge < -0.3 is 9.84 Å². The molecule has 0 aliphatic carbocycles. The summed E-state index contributed by atoms with van der Waals surface area (Å²) in [6.45, 7) is 4.11. The zero-order valence-electron chi connectivity index (χ0n) is 7.77. The van der Waals surface area contributed by atoms with Crippen LogP contribution in [0, 0.1) is 0 Å². The van der Waals surface area contributed by atoms with E-state index in [9.17, 15) is 5.11 Å². The molecule has 0 spiro atoms. The fraction of sp³-hybridized carbons (Fsp3) is 1.00. The molecule has 1 heterocycles. The molecule has 1 aliphatic heterocycles. The van der Waals surface area contributed by atoms with Gasteiger partial charge in [0.2, 0.25) is 0 Å². The molecule has 0 unspecified atom stereocenters. The van der Waals surface area contributed by atoms with Crippen LogP contribution in [-0.2, 0) is 4.74 Å². The standard InChI is InChI=1S/C4H8O.C4H9O.K/c1-2-4-5-3-1;1-2-3-4-5;/h1-4H2;2-4H2,1H3;/q;-1;+1. The third kappa shape index (κ3) is 14.4. The molecule has 1 rings (SSSR count). The number of rotatable bonds is 2. The zero-order valence-corrected chi connectivity index (χ0v) is 10.9. The van der Waals surface area contributed by atoms with E-state index in [4.69, 9.17) is 4.74 Å². The molecule has 0 saturated carbocycles. The maximum atomic E-state index is 9.53. The molecule has 0 aromatic heterocycles. The first-order valence-electron chi connectivity index (χ1n) is 4.07. The molecule has 0 N–H and O–H groups in total. The molecule has 0 amide bonds. The first kappa shape index (κ1) is 15.0. The molecule has 0 bridgehead atoms. The van der Waals surface area contributed by atoms with Crippen molar-refractivity contribution in [1.82, 2.24) is 0 Å². The van der Waals surface area contributed by atoms with Crippen LogP contribution in [0.15, 0.2) is 0 Å². The largest absolute Gasteiger partial charge is 1.00 e. The fourth-order valence-corrected chi connectivity index (χ4v) is 0.655. The van der Waals surface area contributed by atoms with Crippen molar-refractivity contribution < 1.29 is 61.2 Å². The SMILES string of the molecule is C1CCOC1.CCCC[O-].[K+]. The van der Waals surface area contributed by atoms with Gasteiger partial charge in [-0.1, -0.05) is 19.8 Å². The van der Waals surface area contributed by atoms with Gasteiger partial charge in [-0.3, -0.25) is 0 Å². The summed E-state index contributed by atoms with van der Waals surface area (Å²) in [5, 5.41) is 9.53. The van der Waals surface area contributed by atoms with Gasteiger partial charge in [0.05, 0.1) is 0 Å². The molecule has 3 heteroatoms. The van der Waals surface area contributed by atoms with Crippen LogP contribution in [0.2, 0.25) is 0 Å². The fourth-order valence-electron chi connectivity index (χ4n) is 0.655. The van der Waals surface area contributed by atoms with Crippen LogP contribution in [0.1, 0.15) is 32.6 Å². The second-order valence-corrected chi connectivity index (χ2v) is 2.38. The summed E-state index contributed by atoms with van der Waals surface area (Å²) in [7, 11) is 0. The van der Waals surface area contributed by atoms with E-state index in [1.807, 2.05) is 6.92 Å². The van der Waals surface area contributed by atoms with Crippen molar-refractivity contribution >= 4 is 0 Å². The normalized spacial score (nSPS) is 14.7. The predicted octanol–water partition coefficient (Wildman–Crippen LogP) is -2.05. The van der Waals surface area contributed by atoms with Crippen LogP contribution in [0.5, 0.6) is 0 Å². The van der Waals surface area contributed by atoms with Crippen LogP contribution in [0.25, 0.3) is 0 Å². The van der Waals surface area contributed by atoms with E-state index >= 15 is 0 Å². The summed E-state index contributed by atoms with van der Waals surface area (Å²) in [5.74, 6) is 0. The summed E-state index contributed by atoms with van der Waals surface area (Å²) < 4.78 is 4.94. The van der Waals surface area contributed by atoms with E-state index in [-0.39, 0.29) is 58.0 Å². The average molecular weight is 184 g/mol. The third-order valence-electron chi connectivity index (χ3n) is 1.33. The molecular weight excluding hydrogens is 167 g/mol. The van der Waals surface area contributed by atoms with Crippen molar-refractivity contribution in [2.75, 3.05) is 19.8 Å². The summed E-state index contributed by atoms with van der Waals surface area (Å²) in [5.41, 5.74) is 0. The number of hydrogen-bond donors (Lipinski definition) is 0. The van der Waals surface area contributed by atoms with E-state index < -0.39 is 0 Å². The Morgan fingerprint density at radius 2 is 1.82 bits per heavy atom. The van der Waals surface area contributed by atoms with Gasteiger partial charge in [0.25, 0.3) is 0 Å². The van der Waals surface area contributed by atoms with E-state index in [0.29, 0.717) is 0 Å². The van der Waals surface area contributed by atoms with E-state index in [2.05, 4.69) is 0 Å². The molecule has 0 aromatic rings. The Bertz CT molecular complexity index is 46.4. The van der Waals surface area contributed by atoms with Gasteiger partial charge in [0.1, 0.15) is 0 Å². The first-order chi connectivity index (χ1) is 4.91. The number of ether oxygens (including phenoxy) is 1. The molecule has 1 saturated heterocycles. The van der Waals surface area contributed by atoms with Crippen LogP contribution < -0.4 is 56.5 Å². The Morgan fingerprint density at radius 3 is 1.91 bits per heavy atom. The number of hydrogen-bond acceptors (Lipinski definition) is 2. The smallest absolute Gasteiger partial charge is 0.854 e. The quantitative estimate of drug-likeness (QED) is 0.463. The van der Waals surface area contributed by atoms with Crippen molar-refractivity contribution in [1.29, 1.82) is 0 Å². The summed E-state index contributed by atoms with van der Waals surface area (Å²) in [4.78, 5) is 0.